The number of carboxylic acid groups (broad SMARTS) is 1. The van der Waals surface area contributed by atoms with Crippen LogP contribution in [0.3, 0.4) is 0 Å². The van der Waals surface area contributed by atoms with E-state index in [2.05, 4.69) is 9.88 Å². The lowest BCUT2D eigenvalue weighted by molar-refractivity contribution is -0.122. The van der Waals surface area contributed by atoms with Gasteiger partial charge in [-0.3, -0.25) is 14.6 Å². The summed E-state index contributed by atoms with van der Waals surface area (Å²) < 4.78 is 0. The Labute approximate surface area is 141 Å². The van der Waals surface area contributed by atoms with Gasteiger partial charge >= 0.3 is 0 Å². The monoisotopic (exact) mass is 339 g/mol. The third kappa shape index (κ3) is 5.78. The largest absolute Gasteiger partial charge is 0.506 e. The number of aromatic nitrogens is 1. The Morgan fingerprint density at radius 3 is 2.58 bits per heavy atom. The van der Waals surface area contributed by atoms with Gasteiger partial charge in [0.15, 0.2) is 0 Å². The predicted molar refractivity (Wildman–Crippen MR) is 87.8 cm³/mol. The number of hydrogen-bond donors (Lipinski definition) is 3. The standard InChI is InChI=1S/C15H23N3O3.CH2O2/c1-17(2)13-4-3-11(10-19)8-18(9-13)15(21)12-5-14(20)7-16-6-12;2-1-3/h5-7,11,13,19-20H,3-4,8-10H2,1-2H3;1H,(H,2,3)/t11-,13+;/m0./s1. The van der Waals surface area contributed by atoms with Gasteiger partial charge in [0.05, 0.1) is 11.8 Å². The molecule has 24 heavy (non-hydrogen) atoms. The van der Waals surface area contributed by atoms with E-state index in [0.717, 1.165) is 12.8 Å². The quantitative estimate of drug-likeness (QED) is 0.677. The van der Waals surface area contributed by atoms with E-state index in [9.17, 15) is 15.0 Å². The molecule has 3 N–H and O–H groups in total. The van der Waals surface area contributed by atoms with Crippen molar-refractivity contribution in [1.82, 2.24) is 14.8 Å². The molecule has 0 spiro atoms. The number of amides is 1. The summed E-state index contributed by atoms with van der Waals surface area (Å²) in [6.07, 6.45) is 4.63. The van der Waals surface area contributed by atoms with E-state index in [1.54, 1.807) is 4.90 Å². The van der Waals surface area contributed by atoms with Crippen LogP contribution in [-0.2, 0) is 4.79 Å². The number of nitrogens with zero attached hydrogens (tertiary/aromatic N) is 3. The minimum absolute atomic E-state index is 0.0152. The molecule has 1 aliphatic heterocycles. The summed E-state index contributed by atoms with van der Waals surface area (Å²) >= 11 is 0. The first-order chi connectivity index (χ1) is 11.4. The minimum atomic E-state index is -0.250. The number of pyridine rings is 1. The van der Waals surface area contributed by atoms with Gasteiger partial charge in [-0.2, -0.15) is 0 Å². The van der Waals surface area contributed by atoms with Crippen LogP contribution in [0.2, 0.25) is 0 Å². The Hall–Kier alpha value is -2.19. The molecule has 134 valence electrons. The van der Waals surface area contributed by atoms with Gasteiger partial charge < -0.3 is 25.1 Å². The van der Waals surface area contributed by atoms with Gasteiger partial charge in [0.25, 0.3) is 12.4 Å². The summed E-state index contributed by atoms with van der Waals surface area (Å²) in [6.45, 7) is 0.996. The molecule has 1 aliphatic rings. The average Bonchev–Trinajstić information content (AvgIpc) is 2.77. The van der Waals surface area contributed by atoms with Crippen molar-refractivity contribution in [3.05, 3.63) is 24.0 Å². The van der Waals surface area contributed by atoms with E-state index in [1.165, 1.54) is 18.5 Å². The molecule has 8 heteroatoms. The van der Waals surface area contributed by atoms with E-state index in [0.29, 0.717) is 18.7 Å². The van der Waals surface area contributed by atoms with Crippen LogP contribution in [-0.4, -0.2) is 82.3 Å². The predicted octanol–water partition coefficient (Wildman–Crippen LogP) is 0.263. The molecular formula is C16H25N3O5. The van der Waals surface area contributed by atoms with E-state index in [1.807, 2.05) is 14.1 Å². The topological polar surface area (TPSA) is 114 Å². The van der Waals surface area contributed by atoms with Gasteiger partial charge in [-0.1, -0.05) is 0 Å². The second-order valence-electron chi connectivity index (χ2n) is 5.99. The van der Waals surface area contributed by atoms with Crippen LogP contribution < -0.4 is 0 Å². The maximum Gasteiger partial charge on any atom is 0.290 e. The van der Waals surface area contributed by atoms with Crippen molar-refractivity contribution in [2.24, 2.45) is 5.92 Å². The van der Waals surface area contributed by atoms with E-state index in [-0.39, 0.29) is 36.7 Å². The molecule has 1 fully saturated rings. The molecule has 1 amide bonds. The first-order valence-electron chi connectivity index (χ1n) is 7.71. The second kappa shape index (κ2) is 9.84. The zero-order valence-electron chi connectivity index (χ0n) is 14.0. The fraction of sp³-hybridized carbons (Fsp3) is 0.562. The number of carbonyl (C=O) groups is 2. The first-order valence-corrected chi connectivity index (χ1v) is 7.71. The molecule has 2 heterocycles. The number of carbonyl (C=O) groups excluding carboxylic acids is 1. The number of aliphatic hydroxyl groups is 1. The minimum Gasteiger partial charge on any atom is -0.506 e. The van der Waals surface area contributed by atoms with E-state index in [4.69, 9.17) is 9.90 Å². The zero-order valence-corrected chi connectivity index (χ0v) is 14.0. The third-order valence-corrected chi connectivity index (χ3v) is 4.06. The average molecular weight is 339 g/mol. The van der Waals surface area contributed by atoms with Crippen molar-refractivity contribution in [2.45, 2.75) is 18.9 Å². The Morgan fingerprint density at radius 2 is 2.04 bits per heavy atom. The lowest BCUT2D eigenvalue weighted by Crippen LogP contribution is -2.42. The smallest absolute Gasteiger partial charge is 0.290 e. The van der Waals surface area contributed by atoms with Crippen molar-refractivity contribution in [1.29, 1.82) is 0 Å². The summed E-state index contributed by atoms with van der Waals surface area (Å²) in [5, 5.41) is 25.8. The van der Waals surface area contributed by atoms with Gasteiger partial charge in [0.2, 0.25) is 0 Å². The Bertz CT molecular complexity index is 538. The fourth-order valence-electron chi connectivity index (χ4n) is 2.71. The SMILES string of the molecule is CN(C)[C@@H]1CC[C@H](CO)CN(C(=O)c2cncc(O)c2)C1.O=CO. The molecule has 8 nitrogen and oxygen atoms in total. The number of rotatable bonds is 3. The lowest BCUT2D eigenvalue weighted by Gasteiger charge is -2.29. The van der Waals surface area contributed by atoms with Crippen LogP contribution in [0, 0.1) is 5.92 Å². The number of aliphatic hydroxyl groups excluding tert-OH is 1. The lowest BCUT2D eigenvalue weighted by atomic mass is 10.0. The Balaban J connectivity index is 0.000000891. The molecule has 0 bridgehead atoms. The molecule has 0 saturated carbocycles. The highest BCUT2D eigenvalue weighted by Crippen LogP contribution is 2.21. The molecule has 0 aliphatic carbocycles. The maximum atomic E-state index is 12.6. The zero-order chi connectivity index (χ0) is 18.1. The highest BCUT2D eigenvalue weighted by Gasteiger charge is 2.28. The number of hydrogen-bond acceptors (Lipinski definition) is 6. The number of likely N-dealkylation sites (tertiary alicyclic amines) is 1. The molecule has 1 aromatic rings. The van der Waals surface area contributed by atoms with E-state index < -0.39 is 0 Å². The van der Waals surface area contributed by atoms with Crippen molar-refractivity contribution in [2.75, 3.05) is 33.8 Å². The molecule has 0 radical (unpaired) electrons. The molecule has 1 saturated heterocycles. The summed E-state index contributed by atoms with van der Waals surface area (Å²) in [5.41, 5.74) is 0.381. The van der Waals surface area contributed by atoms with Crippen molar-refractivity contribution in [3.8, 4) is 5.75 Å². The summed E-state index contributed by atoms with van der Waals surface area (Å²) in [5.74, 6) is -0.0618. The Morgan fingerprint density at radius 1 is 1.38 bits per heavy atom. The summed E-state index contributed by atoms with van der Waals surface area (Å²) in [6, 6.07) is 1.70. The summed E-state index contributed by atoms with van der Waals surface area (Å²) in [7, 11) is 4.00. The maximum absolute atomic E-state index is 12.6. The molecule has 2 atom stereocenters. The highest BCUT2D eigenvalue weighted by molar-refractivity contribution is 5.94. The fourth-order valence-corrected chi connectivity index (χ4v) is 2.71. The Kier molecular flexibility index (Phi) is 8.14. The van der Waals surface area contributed by atoms with Crippen LogP contribution in [0.5, 0.6) is 5.75 Å². The van der Waals surface area contributed by atoms with Gasteiger partial charge in [0, 0.05) is 31.9 Å². The van der Waals surface area contributed by atoms with Crippen LogP contribution in [0.15, 0.2) is 18.5 Å². The van der Waals surface area contributed by atoms with Crippen molar-refractivity contribution < 1.29 is 24.9 Å². The number of likely N-dealkylation sites (N-methyl/N-ethyl adjacent to an activating group) is 1. The molecule has 0 aromatic carbocycles. The van der Waals surface area contributed by atoms with Crippen LogP contribution >= 0.6 is 0 Å². The van der Waals surface area contributed by atoms with Gasteiger partial charge in [-0.15, -0.1) is 0 Å². The van der Waals surface area contributed by atoms with Gasteiger partial charge in [-0.25, -0.2) is 0 Å². The van der Waals surface area contributed by atoms with Gasteiger partial charge in [-0.05, 0) is 38.9 Å². The molecule has 1 aromatic heterocycles. The van der Waals surface area contributed by atoms with Crippen LogP contribution in [0.25, 0.3) is 0 Å². The van der Waals surface area contributed by atoms with Crippen LogP contribution in [0.1, 0.15) is 23.2 Å². The first kappa shape index (κ1) is 19.9. The second-order valence-corrected chi connectivity index (χ2v) is 5.99. The molecule has 0 unspecified atom stereocenters. The highest BCUT2D eigenvalue weighted by atomic mass is 16.3. The number of aromatic hydroxyl groups is 1. The van der Waals surface area contributed by atoms with Crippen LogP contribution in [0.4, 0.5) is 0 Å². The summed E-state index contributed by atoms with van der Waals surface area (Å²) in [4.78, 5) is 28.7. The van der Waals surface area contributed by atoms with Gasteiger partial charge in [0.1, 0.15) is 5.75 Å². The van der Waals surface area contributed by atoms with Crippen molar-refractivity contribution in [3.63, 3.8) is 0 Å². The molecule has 2 rings (SSSR count). The van der Waals surface area contributed by atoms with E-state index >= 15 is 0 Å². The third-order valence-electron chi connectivity index (χ3n) is 4.06. The normalized spacial score (nSPS) is 20.8. The van der Waals surface area contributed by atoms with Crippen molar-refractivity contribution >= 4 is 12.4 Å². The molecular weight excluding hydrogens is 314 g/mol.